The van der Waals surface area contributed by atoms with Crippen molar-refractivity contribution in [3.8, 4) is 0 Å². The van der Waals surface area contributed by atoms with E-state index in [1.54, 1.807) is 0 Å². The quantitative estimate of drug-likeness (QED) is 0.609. The average molecular weight is 481 g/mol. The van der Waals surface area contributed by atoms with Crippen molar-refractivity contribution >= 4 is 17.5 Å². The van der Waals surface area contributed by atoms with Crippen LogP contribution in [0.2, 0.25) is 0 Å². The number of amides is 2. The van der Waals surface area contributed by atoms with Gasteiger partial charge in [0, 0.05) is 37.2 Å². The van der Waals surface area contributed by atoms with Crippen molar-refractivity contribution in [1.29, 1.82) is 0 Å². The van der Waals surface area contributed by atoms with Crippen LogP contribution in [-0.4, -0.2) is 38.7 Å². The molecule has 0 atom stereocenters. The molecule has 0 aliphatic heterocycles. The van der Waals surface area contributed by atoms with Gasteiger partial charge in [-0.1, -0.05) is 0 Å². The summed E-state index contributed by atoms with van der Waals surface area (Å²) in [4.78, 5) is 27.8. The van der Waals surface area contributed by atoms with E-state index in [1.165, 1.54) is 6.07 Å². The standard InChI is InChI=1S/C19H18F7N5O2/c1-9-12(15(33)29-10-3-4-28-11(5-10)14(27)32)31(30-13(9)16(2,20)21)8-17(19(24,25)26)6-18(22,23)7-17/h3-5H,6-8H2,1-2H3,(H2,27,32)(H,28,29,33). The minimum Gasteiger partial charge on any atom is -0.364 e. The van der Waals surface area contributed by atoms with Gasteiger partial charge in [-0.3, -0.25) is 19.3 Å². The molecule has 0 saturated heterocycles. The summed E-state index contributed by atoms with van der Waals surface area (Å²) in [7, 11) is 0. The predicted octanol–water partition coefficient (Wildman–Crippen LogP) is 4.03. The molecule has 0 aromatic carbocycles. The van der Waals surface area contributed by atoms with E-state index in [1.807, 2.05) is 0 Å². The molecule has 1 aliphatic carbocycles. The molecule has 2 aromatic heterocycles. The summed E-state index contributed by atoms with van der Waals surface area (Å²) in [5.41, 5.74) is -0.201. The zero-order valence-electron chi connectivity index (χ0n) is 17.2. The normalized spacial score (nSPS) is 17.4. The molecule has 14 heteroatoms. The van der Waals surface area contributed by atoms with Crippen LogP contribution < -0.4 is 11.1 Å². The molecule has 1 fully saturated rings. The number of carbonyl (C=O) groups is 2. The fourth-order valence-electron chi connectivity index (χ4n) is 3.83. The number of hydrogen-bond donors (Lipinski definition) is 2. The van der Waals surface area contributed by atoms with E-state index in [-0.39, 0.29) is 11.4 Å². The number of nitrogens with one attached hydrogen (secondary N) is 1. The van der Waals surface area contributed by atoms with Crippen LogP contribution in [0.1, 0.15) is 52.0 Å². The highest BCUT2D eigenvalue weighted by atomic mass is 19.4. The molecule has 3 rings (SSSR count). The van der Waals surface area contributed by atoms with Gasteiger partial charge in [0.05, 0.1) is 12.0 Å². The van der Waals surface area contributed by atoms with Crippen LogP contribution in [-0.2, 0) is 12.5 Å². The van der Waals surface area contributed by atoms with E-state index in [0.29, 0.717) is 11.6 Å². The van der Waals surface area contributed by atoms with Gasteiger partial charge in [0.15, 0.2) is 0 Å². The van der Waals surface area contributed by atoms with Crippen molar-refractivity contribution in [1.82, 2.24) is 14.8 Å². The number of nitrogens with zero attached hydrogens (tertiary/aromatic N) is 3. The lowest BCUT2D eigenvalue weighted by atomic mass is 9.65. The van der Waals surface area contributed by atoms with Gasteiger partial charge in [0.1, 0.15) is 17.1 Å². The second-order valence-electron chi connectivity index (χ2n) is 8.10. The smallest absolute Gasteiger partial charge is 0.364 e. The van der Waals surface area contributed by atoms with Crippen LogP contribution in [0.5, 0.6) is 0 Å². The van der Waals surface area contributed by atoms with Gasteiger partial charge in [-0.25, -0.2) is 8.78 Å². The Morgan fingerprint density at radius 2 is 1.82 bits per heavy atom. The largest absolute Gasteiger partial charge is 0.396 e. The Hall–Kier alpha value is -3.19. The van der Waals surface area contributed by atoms with Gasteiger partial charge in [-0.05, 0) is 19.1 Å². The fourth-order valence-corrected chi connectivity index (χ4v) is 3.83. The molecular weight excluding hydrogens is 463 g/mol. The Morgan fingerprint density at radius 1 is 1.21 bits per heavy atom. The molecule has 0 bridgehead atoms. The number of hydrogen-bond acceptors (Lipinski definition) is 4. The molecule has 33 heavy (non-hydrogen) atoms. The number of primary amides is 1. The molecule has 0 spiro atoms. The highest BCUT2D eigenvalue weighted by molar-refractivity contribution is 6.04. The van der Waals surface area contributed by atoms with Gasteiger partial charge in [0.25, 0.3) is 17.7 Å². The van der Waals surface area contributed by atoms with Crippen LogP contribution in [0, 0.1) is 12.3 Å². The zero-order valence-corrected chi connectivity index (χ0v) is 17.2. The van der Waals surface area contributed by atoms with Gasteiger partial charge in [0.2, 0.25) is 5.92 Å². The lowest BCUT2D eigenvalue weighted by Gasteiger charge is -2.48. The number of pyridine rings is 1. The van der Waals surface area contributed by atoms with Crippen molar-refractivity contribution in [3.63, 3.8) is 0 Å². The van der Waals surface area contributed by atoms with E-state index in [9.17, 15) is 40.3 Å². The minimum atomic E-state index is -5.10. The molecule has 2 amide bonds. The second-order valence-corrected chi connectivity index (χ2v) is 8.10. The fraction of sp³-hybridized carbons (Fsp3) is 0.474. The monoisotopic (exact) mass is 481 g/mol. The Balaban J connectivity index is 2.04. The van der Waals surface area contributed by atoms with Crippen LogP contribution in [0.15, 0.2) is 18.3 Å². The maximum Gasteiger partial charge on any atom is 0.396 e. The third-order valence-electron chi connectivity index (χ3n) is 5.34. The number of carbonyl (C=O) groups excluding carboxylic acids is 2. The molecule has 180 valence electrons. The Kier molecular flexibility index (Phi) is 5.70. The molecule has 1 aliphatic rings. The van der Waals surface area contributed by atoms with Crippen LogP contribution in [0.25, 0.3) is 0 Å². The number of alkyl halides is 7. The maximum atomic E-state index is 14.0. The summed E-state index contributed by atoms with van der Waals surface area (Å²) in [6, 6.07) is 2.29. The highest BCUT2D eigenvalue weighted by Crippen LogP contribution is 2.61. The first-order chi connectivity index (χ1) is 15.0. The van der Waals surface area contributed by atoms with Crippen molar-refractivity contribution in [2.45, 2.75) is 51.3 Å². The summed E-state index contributed by atoms with van der Waals surface area (Å²) < 4.78 is 96.2. The summed E-state index contributed by atoms with van der Waals surface area (Å²) in [5.74, 6) is -9.28. The van der Waals surface area contributed by atoms with E-state index in [4.69, 9.17) is 5.73 Å². The van der Waals surface area contributed by atoms with Crippen LogP contribution >= 0.6 is 0 Å². The Bertz CT molecular complexity index is 1100. The number of rotatable bonds is 6. The molecule has 7 nitrogen and oxygen atoms in total. The SMILES string of the molecule is Cc1c(C(C)(F)F)nn(CC2(C(F)(F)F)CC(F)(F)C2)c1C(=O)Nc1ccnc(C(N)=O)c1. The number of aromatic nitrogens is 3. The summed E-state index contributed by atoms with van der Waals surface area (Å²) in [6.45, 7) is 0.240. The third-order valence-corrected chi connectivity index (χ3v) is 5.34. The summed E-state index contributed by atoms with van der Waals surface area (Å²) >= 11 is 0. The lowest BCUT2D eigenvalue weighted by Crippen LogP contribution is -2.57. The van der Waals surface area contributed by atoms with E-state index in [0.717, 1.165) is 19.2 Å². The van der Waals surface area contributed by atoms with Crippen LogP contribution in [0.3, 0.4) is 0 Å². The number of nitrogens with two attached hydrogens (primary N) is 1. The number of anilines is 1. The van der Waals surface area contributed by atoms with E-state index in [2.05, 4.69) is 15.4 Å². The summed E-state index contributed by atoms with van der Waals surface area (Å²) in [5, 5.41) is 5.75. The molecule has 0 radical (unpaired) electrons. The Labute approximate surface area is 182 Å². The van der Waals surface area contributed by atoms with Crippen molar-refractivity contribution in [3.05, 3.63) is 41.0 Å². The van der Waals surface area contributed by atoms with Gasteiger partial charge in [-0.15, -0.1) is 0 Å². The topological polar surface area (TPSA) is 103 Å². The van der Waals surface area contributed by atoms with E-state index >= 15 is 0 Å². The molecule has 3 N–H and O–H groups in total. The molecule has 0 unspecified atom stereocenters. The van der Waals surface area contributed by atoms with Crippen molar-refractivity contribution < 1.29 is 40.3 Å². The molecule has 2 heterocycles. The first kappa shape index (κ1) is 24.5. The van der Waals surface area contributed by atoms with Gasteiger partial charge < -0.3 is 11.1 Å². The average Bonchev–Trinajstić information content (AvgIpc) is 2.95. The molecular formula is C19H18F7N5O2. The van der Waals surface area contributed by atoms with E-state index < -0.39 is 71.6 Å². The maximum absolute atomic E-state index is 14.0. The predicted molar refractivity (Wildman–Crippen MR) is 99.9 cm³/mol. The molecule has 2 aromatic rings. The van der Waals surface area contributed by atoms with Crippen molar-refractivity contribution in [2.75, 3.05) is 5.32 Å². The van der Waals surface area contributed by atoms with Crippen LogP contribution in [0.4, 0.5) is 36.4 Å². The van der Waals surface area contributed by atoms with Crippen molar-refractivity contribution in [2.24, 2.45) is 11.1 Å². The summed E-state index contributed by atoms with van der Waals surface area (Å²) in [6.07, 6.45) is -7.11. The Morgan fingerprint density at radius 3 is 2.30 bits per heavy atom. The minimum absolute atomic E-state index is 0.0542. The zero-order chi connectivity index (χ0) is 25.0. The second kappa shape index (κ2) is 7.70. The highest BCUT2D eigenvalue weighted by Gasteiger charge is 2.69. The third kappa shape index (κ3) is 4.64. The number of halogens is 7. The molecule has 1 saturated carbocycles. The lowest BCUT2D eigenvalue weighted by molar-refractivity contribution is -0.314. The first-order valence-electron chi connectivity index (χ1n) is 9.43. The van der Waals surface area contributed by atoms with Gasteiger partial charge in [-0.2, -0.15) is 27.1 Å². The van der Waals surface area contributed by atoms with Gasteiger partial charge >= 0.3 is 6.18 Å². The first-order valence-corrected chi connectivity index (χ1v) is 9.43.